The third kappa shape index (κ3) is 3.91. The predicted molar refractivity (Wildman–Crippen MR) is 74.2 cm³/mol. The summed E-state index contributed by atoms with van der Waals surface area (Å²) in [5.41, 5.74) is 6.35. The molecule has 5 nitrogen and oxygen atoms in total. The summed E-state index contributed by atoms with van der Waals surface area (Å²) in [5.74, 6) is 0.172. The van der Waals surface area contributed by atoms with Gasteiger partial charge in [-0.2, -0.15) is 0 Å². The molecule has 110 valence electrons. The topological polar surface area (TPSA) is 79.9 Å². The molecule has 0 amide bonds. The number of ether oxygens (including phenoxy) is 1. The predicted octanol–water partition coefficient (Wildman–Crippen LogP) is 1.44. The van der Waals surface area contributed by atoms with Crippen molar-refractivity contribution in [1.29, 1.82) is 0 Å². The van der Waals surface area contributed by atoms with E-state index in [2.05, 4.69) is 10.5 Å². The van der Waals surface area contributed by atoms with Crippen LogP contribution in [0.4, 0.5) is 4.39 Å². The van der Waals surface area contributed by atoms with Crippen molar-refractivity contribution in [3.8, 4) is 0 Å². The quantitative estimate of drug-likeness (QED) is 0.242. The van der Waals surface area contributed by atoms with E-state index in [1.54, 1.807) is 12.1 Å². The maximum atomic E-state index is 13.8. The Balaban J connectivity index is 1.80. The van der Waals surface area contributed by atoms with Crippen LogP contribution in [0.2, 0.25) is 0 Å². The highest BCUT2D eigenvalue weighted by atomic mass is 19.1. The van der Waals surface area contributed by atoms with Crippen molar-refractivity contribution in [3.05, 3.63) is 35.1 Å². The van der Waals surface area contributed by atoms with Crippen LogP contribution >= 0.6 is 0 Å². The molecule has 1 fully saturated rings. The Morgan fingerprint density at radius 1 is 1.55 bits per heavy atom. The first kappa shape index (κ1) is 14.7. The fourth-order valence-corrected chi connectivity index (χ4v) is 2.25. The number of nitrogens with two attached hydrogens (primary N) is 1. The van der Waals surface area contributed by atoms with E-state index < -0.39 is 0 Å². The first-order valence-corrected chi connectivity index (χ1v) is 6.75. The molecule has 0 bridgehead atoms. The van der Waals surface area contributed by atoms with E-state index in [9.17, 15) is 4.39 Å². The SMILES string of the molecule is N/C(=N/O)c1ccc(CNCCC2CCOC2)c(F)c1. The number of halogens is 1. The number of hydrogen-bond acceptors (Lipinski definition) is 4. The van der Waals surface area contributed by atoms with Crippen LogP contribution in [0.5, 0.6) is 0 Å². The molecule has 0 aliphatic carbocycles. The van der Waals surface area contributed by atoms with Gasteiger partial charge in [-0.15, -0.1) is 0 Å². The Kier molecular flexibility index (Phi) is 5.31. The van der Waals surface area contributed by atoms with E-state index in [4.69, 9.17) is 15.7 Å². The summed E-state index contributed by atoms with van der Waals surface area (Å²) < 4.78 is 19.1. The van der Waals surface area contributed by atoms with E-state index in [0.717, 1.165) is 32.6 Å². The number of rotatable bonds is 6. The molecule has 0 spiro atoms. The highest BCUT2D eigenvalue weighted by Crippen LogP contribution is 2.15. The van der Waals surface area contributed by atoms with E-state index in [1.165, 1.54) is 6.07 Å². The van der Waals surface area contributed by atoms with Crippen LogP contribution in [0.1, 0.15) is 24.0 Å². The van der Waals surface area contributed by atoms with Crippen LogP contribution in [-0.4, -0.2) is 30.8 Å². The van der Waals surface area contributed by atoms with Gasteiger partial charge in [0, 0.05) is 30.9 Å². The van der Waals surface area contributed by atoms with Gasteiger partial charge in [-0.1, -0.05) is 17.3 Å². The lowest BCUT2D eigenvalue weighted by Gasteiger charge is -2.10. The van der Waals surface area contributed by atoms with Gasteiger partial charge >= 0.3 is 0 Å². The summed E-state index contributed by atoms with van der Waals surface area (Å²) in [4.78, 5) is 0. The van der Waals surface area contributed by atoms with Crippen LogP contribution in [0.3, 0.4) is 0 Å². The van der Waals surface area contributed by atoms with Gasteiger partial charge in [0.2, 0.25) is 0 Å². The maximum Gasteiger partial charge on any atom is 0.170 e. The minimum Gasteiger partial charge on any atom is -0.409 e. The lowest BCUT2D eigenvalue weighted by Crippen LogP contribution is -2.19. The monoisotopic (exact) mass is 281 g/mol. The molecule has 1 heterocycles. The fraction of sp³-hybridized carbons (Fsp3) is 0.500. The largest absolute Gasteiger partial charge is 0.409 e. The summed E-state index contributed by atoms with van der Waals surface area (Å²) >= 11 is 0. The smallest absolute Gasteiger partial charge is 0.170 e. The molecule has 1 aliphatic heterocycles. The van der Waals surface area contributed by atoms with Crippen molar-refractivity contribution in [2.45, 2.75) is 19.4 Å². The van der Waals surface area contributed by atoms with Crippen molar-refractivity contribution >= 4 is 5.84 Å². The second kappa shape index (κ2) is 7.21. The van der Waals surface area contributed by atoms with Crippen LogP contribution in [0.25, 0.3) is 0 Å². The summed E-state index contributed by atoms with van der Waals surface area (Å²) in [7, 11) is 0. The molecule has 1 aliphatic rings. The van der Waals surface area contributed by atoms with E-state index in [0.29, 0.717) is 23.6 Å². The molecule has 0 aromatic heterocycles. The van der Waals surface area contributed by atoms with Gasteiger partial charge in [-0.25, -0.2) is 4.39 Å². The average Bonchev–Trinajstić information content (AvgIpc) is 2.97. The first-order chi connectivity index (χ1) is 9.70. The number of nitrogens with one attached hydrogen (secondary N) is 1. The molecule has 1 aromatic rings. The van der Waals surface area contributed by atoms with Gasteiger partial charge in [0.05, 0.1) is 0 Å². The Hall–Kier alpha value is -1.66. The van der Waals surface area contributed by atoms with Gasteiger partial charge in [-0.3, -0.25) is 0 Å². The molecular formula is C14H20FN3O2. The number of hydrogen-bond donors (Lipinski definition) is 3. The third-order valence-corrected chi connectivity index (χ3v) is 3.53. The zero-order valence-corrected chi connectivity index (χ0v) is 11.3. The van der Waals surface area contributed by atoms with Crippen LogP contribution < -0.4 is 11.1 Å². The van der Waals surface area contributed by atoms with Gasteiger partial charge in [-0.05, 0) is 31.4 Å². The molecule has 20 heavy (non-hydrogen) atoms. The average molecular weight is 281 g/mol. The third-order valence-electron chi connectivity index (χ3n) is 3.53. The number of oxime groups is 1. The van der Waals surface area contributed by atoms with Gasteiger partial charge in [0.15, 0.2) is 5.84 Å². The molecule has 1 unspecified atom stereocenters. The molecule has 1 aromatic carbocycles. The summed E-state index contributed by atoms with van der Waals surface area (Å²) in [6.07, 6.45) is 2.16. The Labute approximate surface area is 117 Å². The molecule has 1 saturated heterocycles. The van der Waals surface area contributed by atoms with Gasteiger partial charge in [0.25, 0.3) is 0 Å². The lowest BCUT2D eigenvalue weighted by molar-refractivity contribution is 0.184. The number of nitrogens with zero attached hydrogens (tertiary/aromatic N) is 1. The van der Waals surface area contributed by atoms with Crippen molar-refractivity contribution in [2.24, 2.45) is 16.8 Å². The van der Waals surface area contributed by atoms with Crippen molar-refractivity contribution < 1.29 is 14.3 Å². The molecule has 0 radical (unpaired) electrons. The minimum atomic E-state index is -0.356. The van der Waals surface area contributed by atoms with Crippen LogP contribution in [-0.2, 0) is 11.3 Å². The summed E-state index contributed by atoms with van der Waals surface area (Å²) in [6.45, 7) is 3.00. The highest BCUT2D eigenvalue weighted by molar-refractivity contribution is 5.97. The molecular weight excluding hydrogens is 261 g/mol. The molecule has 1 atom stereocenters. The Bertz CT molecular complexity index is 473. The van der Waals surface area contributed by atoms with Crippen molar-refractivity contribution in [2.75, 3.05) is 19.8 Å². The van der Waals surface area contributed by atoms with Crippen LogP contribution in [0, 0.1) is 11.7 Å². The lowest BCUT2D eigenvalue weighted by atomic mass is 10.1. The second-order valence-corrected chi connectivity index (χ2v) is 4.99. The Morgan fingerprint density at radius 2 is 2.40 bits per heavy atom. The zero-order valence-electron chi connectivity index (χ0n) is 11.3. The van der Waals surface area contributed by atoms with Gasteiger partial charge < -0.3 is 21.0 Å². The molecule has 0 saturated carbocycles. The van der Waals surface area contributed by atoms with Gasteiger partial charge in [0.1, 0.15) is 5.82 Å². The normalized spacial score (nSPS) is 19.4. The summed E-state index contributed by atoms with van der Waals surface area (Å²) in [5, 5.41) is 14.6. The first-order valence-electron chi connectivity index (χ1n) is 6.75. The van der Waals surface area contributed by atoms with Crippen LogP contribution in [0.15, 0.2) is 23.4 Å². The van der Waals surface area contributed by atoms with E-state index in [1.807, 2.05) is 0 Å². The standard InChI is InChI=1S/C14H20FN3O2/c15-13-7-11(14(16)18-19)1-2-12(13)8-17-5-3-10-4-6-20-9-10/h1-2,7,10,17,19H,3-6,8-9H2,(H2,16,18). The highest BCUT2D eigenvalue weighted by Gasteiger charge is 2.14. The molecule has 6 heteroatoms. The second-order valence-electron chi connectivity index (χ2n) is 4.99. The maximum absolute atomic E-state index is 13.8. The molecule has 2 rings (SSSR count). The van der Waals surface area contributed by atoms with E-state index in [-0.39, 0.29) is 11.7 Å². The Morgan fingerprint density at radius 3 is 3.05 bits per heavy atom. The zero-order chi connectivity index (χ0) is 14.4. The van der Waals surface area contributed by atoms with Crippen molar-refractivity contribution in [3.63, 3.8) is 0 Å². The van der Waals surface area contributed by atoms with E-state index >= 15 is 0 Å². The number of amidine groups is 1. The minimum absolute atomic E-state index is 0.0929. The number of benzene rings is 1. The fourth-order valence-electron chi connectivity index (χ4n) is 2.25. The summed E-state index contributed by atoms with van der Waals surface area (Å²) in [6, 6.07) is 4.56. The molecule has 4 N–H and O–H groups in total. The van der Waals surface area contributed by atoms with Crippen molar-refractivity contribution in [1.82, 2.24) is 5.32 Å².